The lowest BCUT2D eigenvalue weighted by molar-refractivity contribution is -0.122. The predicted octanol–water partition coefficient (Wildman–Crippen LogP) is 3.33. The number of barbiturate groups is 1. The summed E-state index contributed by atoms with van der Waals surface area (Å²) in [6.07, 6.45) is 1.40. The van der Waals surface area contributed by atoms with Crippen LogP contribution in [0.1, 0.15) is 11.1 Å². The fourth-order valence-corrected chi connectivity index (χ4v) is 2.85. The fourth-order valence-electron chi connectivity index (χ4n) is 2.60. The van der Waals surface area contributed by atoms with Crippen molar-refractivity contribution in [3.05, 3.63) is 63.6 Å². The Morgan fingerprint density at radius 3 is 2.54 bits per heavy atom. The van der Waals surface area contributed by atoms with Gasteiger partial charge < -0.3 is 4.74 Å². The molecule has 1 aliphatic rings. The number of carbonyl (C=O) groups is 3. The molecule has 1 N–H and O–H groups in total. The molecule has 0 saturated carbocycles. The number of nitrogens with zero attached hydrogens (tertiary/aromatic N) is 2. The number of rotatable bonds is 4. The summed E-state index contributed by atoms with van der Waals surface area (Å²) < 4.78 is 6.01. The standard InChI is InChI=1S/C20H14BrN3O4/c1-12-10-14(4-7-17(12)21)24-19(26)16(18(25)23-20(24)27)11-13-2-5-15(6-3-13)28-9-8-22/h2-7,10-11H,9H2,1H3,(H,23,25,27)/b16-11+. The van der Waals surface area contributed by atoms with Crippen LogP contribution in [0.3, 0.4) is 0 Å². The van der Waals surface area contributed by atoms with Crippen molar-refractivity contribution in [2.75, 3.05) is 11.5 Å². The van der Waals surface area contributed by atoms with E-state index in [-0.39, 0.29) is 12.2 Å². The number of anilines is 1. The number of nitriles is 1. The second-order valence-corrected chi connectivity index (χ2v) is 6.76. The highest BCUT2D eigenvalue weighted by molar-refractivity contribution is 9.10. The van der Waals surface area contributed by atoms with Gasteiger partial charge in [-0.2, -0.15) is 5.26 Å². The Hall–Kier alpha value is -3.44. The van der Waals surface area contributed by atoms with Gasteiger partial charge in [-0.25, -0.2) is 9.69 Å². The minimum Gasteiger partial charge on any atom is -0.479 e. The van der Waals surface area contributed by atoms with Crippen molar-refractivity contribution in [2.24, 2.45) is 0 Å². The van der Waals surface area contributed by atoms with Crippen molar-refractivity contribution in [1.29, 1.82) is 5.26 Å². The molecule has 7 nitrogen and oxygen atoms in total. The molecule has 3 rings (SSSR count). The number of aryl methyl sites for hydroxylation is 1. The second kappa shape index (κ2) is 8.06. The molecule has 0 spiro atoms. The number of amides is 4. The maximum Gasteiger partial charge on any atom is 0.335 e. The van der Waals surface area contributed by atoms with Crippen LogP contribution in [0.15, 0.2) is 52.5 Å². The van der Waals surface area contributed by atoms with Crippen LogP contribution < -0.4 is 15.0 Å². The van der Waals surface area contributed by atoms with E-state index in [2.05, 4.69) is 21.2 Å². The number of imide groups is 2. The van der Waals surface area contributed by atoms with Gasteiger partial charge in [-0.15, -0.1) is 0 Å². The molecule has 0 aliphatic carbocycles. The average molecular weight is 440 g/mol. The lowest BCUT2D eigenvalue weighted by Crippen LogP contribution is -2.54. The van der Waals surface area contributed by atoms with Crippen molar-refractivity contribution in [2.45, 2.75) is 6.92 Å². The Morgan fingerprint density at radius 1 is 1.18 bits per heavy atom. The van der Waals surface area contributed by atoms with Gasteiger partial charge in [-0.05, 0) is 54.5 Å². The molecule has 4 amide bonds. The predicted molar refractivity (Wildman–Crippen MR) is 105 cm³/mol. The lowest BCUT2D eigenvalue weighted by Gasteiger charge is -2.26. The molecule has 8 heteroatoms. The topological polar surface area (TPSA) is 99.5 Å². The van der Waals surface area contributed by atoms with Crippen LogP contribution in [0.2, 0.25) is 0 Å². The normalized spacial score (nSPS) is 15.4. The largest absolute Gasteiger partial charge is 0.479 e. The van der Waals surface area contributed by atoms with E-state index in [0.29, 0.717) is 17.0 Å². The molecule has 2 aromatic rings. The van der Waals surface area contributed by atoms with Gasteiger partial charge in [-0.3, -0.25) is 14.9 Å². The summed E-state index contributed by atoms with van der Waals surface area (Å²) in [4.78, 5) is 38.2. The first kappa shape index (κ1) is 19.3. The summed E-state index contributed by atoms with van der Waals surface area (Å²) in [5.41, 5.74) is 1.62. The van der Waals surface area contributed by atoms with E-state index in [1.54, 1.807) is 42.5 Å². The third kappa shape index (κ3) is 3.94. The van der Waals surface area contributed by atoms with E-state index in [4.69, 9.17) is 10.00 Å². The zero-order valence-corrected chi connectivity index (χ0v) is 16.3. The van der Waals surface area contributed by atoms with E-state index in [1.165, 1.54) is 6.08 Å². The van der Waals surface area contributed by atoms with E-state index >= 15 is 0 Å². The maximum absolute atomic E-state index is 12.9. The van der Waals surface area contributed by atoms with E-state index in [1.807, 2.05) is 13.0 Å². The highest BCUT2D eigenvalue weighted by atomic mass is 79.9. The number of benzene rings is 2. The van der Waals surface area contributed by atoms with Gasteiger partial charge in [0.25, 0.3) is 11.8 Å². The number of hydrogen-bond acceptors (Lipinski definition) is 5. The smallest absolute Gasteiger partial charge is 0.335 e. The molecule has 1 heterocycles. The van der Waals surface area contributed by atoms with Crippen LogP contribution >= 0.6 is 15.9 Å². The zero-order valence-electron chi connectivity index (χ0n) is 14.7. The van der Waals surface area contributed by atoms with Crippen LogP contribution in [-0.2, 0) is 9.59 Å². The molecule has 0 aromatic heterocycles. The quantitative estimate of drug-likeness (QED) is 0.581. The molecule has 1 aliphatic heterocycles. The van der Waals surface area contributed by atoms with E-state index < -0.39 is 17.8 Å². The lowest BCUT2D eigenvalue weighted by atomic mass is 10.1. The minimum absolute atomic E-state index is 0.0784. The molecule has 1 saturated heterocycles. The van der Waals surface area contributed by atoms with Crippen LogP contribution in [0.5, 0.6) is 5.75 Å². The van der Waals surface area contributed by atoms with Crippen molar-refractivity contribution >= 4 is 45.5 Å². The number of halogens is 1. The minimum atomic E-state index is -0.797. The van der Waals surface area contributed by atoms with Gasteiger partial charge in [0.2, 0.25) is 0 Å². The van der Waals surface area contributed by atoms with Gasteiger partial charge in [-0.1, -0.05) is 28.1 Å². The molecular formula is C20H14BrN3O4. The summed E-state index contributed by atoms with van der Waals surface area (Å²) in [6.45, 7) is 1.75. The van der Waals surface area contributed by atoms with E-state index in [0.717, 1.165) is 14.9 Å². The fraction of sp³-hybridized carbons (Fsp3) is 0.100. The molecule has 140 valence electrons. The first-order valence-corrected chi connectivity index (χ1v) is 8.97. The molecule has 2 aromatic carbocycles. The van der Waals surface area contributed by atoms with Gasteiger partial charge in [0.05, 0.1) is 5.69 Å². The Labute approximate surface area is 169 Å². The second-order valence-electron chi connectivity index (χ2n) is 5.91. The van der Waals surface area contributed by atoms with Gasteiger partial charge in [0, 0.05) is 4.47 Å². The number of carbonyl (C=O) groups excluding carboxylic acids is 3. The summed E-state index contributed by atoms with van der Waals surface area (Å²) >= 11 is 3.37. The third-order valence-corrected chi connectivity index (χ3v) is 4.89. The van der Waals surface area contributed by atoms with Gasteiger partial charge in [0.1, 0.15) is 17.4 Å². The van der Waals surface area contributed by atoms with Crippen molar-refractivity contribution in [3.63, 3.8) is 0 Å². The molecule has 0 unspecified atom stereocenters. The summed E-state index contributed by atoms with van der Waals surface area (Å²) in [5.74, 6) is -0.976. The molecule has 1 fully saturated rings. The number of nitrogens with one attached hydrogen (secondary N) is 1. The number of urea groups is 1. The molecular weight excluding hydrogens is 426 g/mol. The number of ether oxygens (including phenoxy) is 1. The molecule has 0 bridgehead atoms. The Balaban J connectivity index is 1.92. The van der Waals surface area contributed by atoms with Gasteiger partial charge in [0.15, 0.2) is 6.61 Å². The Kier molecular flexibility index (Phi) is 5.57. The summed E-state index contributed by atoms with van der Waals surface area (Å²) in [7, 11) is 0. The number of hydrogen-bond donors (Lipinski definition) is 1. The molecule has 0 atom stereocenters. The van der Waals surface area contributed by atoms with Crippen LogP contribution in [-0.4, -0.2) is 24.5 Å². The van der Waals surface area contributed by atoms with Crippen molar-refractivity contribution in [1.82, 2.24) is 5.32 Å². The zero-order chi connectivity index (χ0) is 20.3. The van der Waals surface area contributed by atoms with Crippen LogP contribution in [0.4, 0.5) is 10.5 Å². The maximum atomic E-state index is 12.9. The Morgan fingerprint density at radius 2 is 1.89 bits per heavy atom. The SMILES string of the molecule is Cc1cc(N2C(=O)NC(=O)/C(=C\c3ccc(OCC#N)cc3)C2=O)ccc1Br. The van der Waals surface area contributed by atoms with Crippen LogP contribution in [0, 0.1) is 18.3 Å². The first-order chi connectivity index (χ1) is 13.4. The van der Waals surface area contributed by atoms with E-state index in [9.17, 15) is 14.4 Å². The molecule has 0 radical (unpaired) electrons. The highest BCUT2D eigenvalue weighted by Crippen LogP contribution is 2.26. The highest BCUT2D eigenvalue weighted by Gasteiger charge is 2.36. The Bertz CT molecular complexity index is 1040. The first-order valence-electron chi connectivity index (χ1n) is 8.18. The summed E-state index contributed by atoms with van der Waals surface area (Å²) in [5, 5.41) is 10.7. The average Bonchev–Trinajstić information content (AvgIpc) is 2.67. The monoisotopic (exact) mass is 439 g/mol. The summed E-state index contributed by atoms with van der Waals surface area (Å²) in [6, 6.07) is 12.6. The van der Waals surface area contributed by atoms with Crippen LogP contribution in [0.25, 0.3) is 6.08 Å². The molecule has 28 heavy (non-hydrogen) atoms. The van der Waals surface area contributed by atoms with Crippen molar-refractivity contribution in [3.8, 4) is 11.8 Å². The van der Waals surface area contributed by atoms with Crippen molar-refractivity contribution < 1.29 is 19.1 Å². The third-order valence-electron chi connectivity index (χ3n) is 4.00. The van der Waals surface area contributed by atoms with Gasteiger partial charge >= 0.3 is 6.03 Å².